The van der Waals surface area contributed by atoms with Crippen LogP contribution in [0.2, 0.25) is 0 Å². The van der Waals surface area contributed by atoms with Crippen LogP contribution in [0.5, 0.6) is 0 Å². The molecule has 6 aromatic carbocycles. The number of para-hydroxylation sites is 1. The molecule has 0 aliphatic heterocycles. The summed E-state index contributed by atoms with van der Waals surface area (Å²) in [7, 11) is 0. The fraction of sp³-hybridized carbons (Fsp3) is 0.125. The van der Waals surface area contributed by atoms with E-state index in [1.807, 2.05) is 48.7 Å². The summed E-state index contributed by atoms with van der Waals surface area (Å²) in [5.74, 6) is 1.98. The Kier molecular flexibility index (Phi) is 8.31. The number of aromatic nitrogens is 4. The highest BCUT2D eigenvalue weighted by molar-refractivity contribution is 5.93. The zero-order chi connectivity index (χ0) is 34.7. The van der Waals surface area contributed by atoms with Gasteiger partial charge in [-0.2, -0.15) is 0 Å². The van der Waals surface area contributed by atoms with E-state index in [-0.39, 0.29) is 5.41 Å². The molecule has 52 heavy (non-hydrogen) atoms. The molecule has 0 bridgehead atoms. The Morgan fingerprint density at radius 3 is 1.63 bits per heavy atom. The highest BCUT2D eigenvalue weighted by Gasteiger charge is 2.36. The lowest BCUT2D eigenvalue weighted by atomic mass is 9.65. The van der Waals surface area contributed by atoms with E-state index < -0.39 is 0 Å². The third-order valence-electron chi connectivity index (χ3n) is 10.5. The van der Waals surface area contributed by atoms with Gasteiger partial charge in [0, 0.05) is 50.4 Å². The van der Waals surface area contributed by atoms with Gasteiger partial charge >= 0.3 is 0 Å². The number of fused-ring (bicyclic) bond motifs is 1. The van der Waals surface area contributed by atoms with Gasteiger partial charge in [-0.05, 0) is 47.7 Å². The lowest BCUT2D eigenvalue weighted by Gasteiger charge is -2.37. The van der Waals surface area contributed by atoms with E-state index >= 15 is 0 Å². The van der Waals surface area contributed by atoms with E-state index in [4.69, 9.17) is 15.0 Å². The summed E-state index contributed by atoms with van der Waals surface area (Å²) in [5, 5.41) is 1.13. The SMILES string of the molecule is c1c(-c2cccc3cccnc23)ccc(C2(c3ccc(-c4nc(-c5ccccc5)nc(-c5ccc(-c6ccccc6)cc5)n4)cc3)CCCCC2)c#1. The van der Waals surface area contributed by atoms with Crippen LogP contribution in [0.15, 0.2) is 158 Å². The molecular weight excluding hydrogens is 633 g/mol. The Labute approximate surface area is 305 Å². The zero-order valence-corrected chi connectivity index (χ0v) is 28.8. The third-order valence-corrected chi connectivity index (χ3v) is 10.5. The van der Waals surface area contributed by atoms with E-state index in [9.17, 15) is 0 Å². The van der Waals surface area contributed by atoms with Gasteiger partial charge in [-0.3, -0.25) is 4.98 Å². The Hall–Kier alpha value is -6.44. The summed E-state index contributed by atoms with van der Waals surface area (Å²) in [4.78, 5) is 19.7. The average molecular weight is 669 g/mol. The predicted molar refractivity (Wildman–Crippen MR) is 210 cm³/mol. The molecule has 0 spiro atoms. The molecule has 2 heterocycles. The van der Waals surface area contributed by atoms with Crippen molar-refractivity contribution in [1.29, 1.82) is 0 Å². The summed E-state index contributed by atoms with van der Waals surface area (Å²) in [6.07, 6.45) is 7.65. The van der Waals surface area contributed by atoms with Crippen LogP contribution in [0.1, 0.15) is 43.2 Å². The first-order valence-corrected chi connectivity index (χ1v) is 18.1. The maximum absolute atomic E-state index is 5.04. The van der Waals surface area contributed by atoms with E-state index in [1.165, 1.54) is 36.0 Å². The molecule has 0 amide bonds. The topological polar surface area (TPSA) is 51.6 Å². The molecule has 1 fully saturated rings. The molecule has 0 saturated heterocycles. The van der Waals surface area contributed by atoms with Crippen molar-refractivity contribution in [1.82, 2.24) is 19.9 Å². The number of rotatable bonds is 7. The molecule has 8 aromatic rings. The minimum Gasteiger partial charge on any atom is -0.256 e. The molecule has 0 N–H and O–H groups in total. The second-order valence-electron chi connectivity index (χ2n) is 13.6. The molecular formula is C48H36N4. The van der Waals surface area contributed by atoms with Crippen molar-refractivity contribution in [2.45, 2.75) is 37.5 Å². The summed E-state index contributed by atoms with van der Waals surface area (Å²) in [6, 6.07) is 60.0. The van der Waals surface area contributed by atoms with Crippen molar-refractivity contribution in [3.8, 4) is 56.4 Å². The molecule has 0 unspecified atom stereocenters. The van der Waals surface area contributed by atoms with Crippen molar-refractivity contribution >= 4 is 10.9 Å². The molecule has 9 rings (SSSR count). The Morgan fingerprint density at radius 1 is 0.442 bits per heavy atom. The highest BCUT2D eigenvalue weighted by atomic mass is 15.0. The normalized spacial score (nSPS) is 13.8. The monoisotopic (exact) mass is 668 g/mol. The number of benzene rings is 5. The summed E-state index contributed by atoms with van der Waals surface area (Å²) < 4.78 is 0. The standard InChI is InChI=1S/C48H36N4/c1-4-12-34(13-5-1)35-19-21-39(22-20-35)46-50-45(38-14-6-2-7-15-38)51-47(52-46)40-25-29-42(30-26-40)48(31-8-3-9-32-48)41-27-23-36(24-28-41)43-18-10-16-37-17-11-33-49-44(37)43/h1-2,4-7,10-23,25-27,29-30,33H,3,8-9,31-32H2. The number of hydrogen-bond acceptors (Lipinski definition) is 4. The van der Waals surface area contributed by atoms with Gasteiger partial charge in [-0.1, -0.05) is 165 Å². The van der Waals surface area contributed by atoms with Crippen molar-refractivity contribution in [3.05, 3.63) is 181 Å². The van der Waals surface area contributed by atoms with Gasteiger partial charge in [0.1, 0.15) is 0 Å². The van der Waals surface area contributed by atoms with Crippen LogP contribution in [0, 0.1) is 12.1 Å². The Bertz CT molecular complexity index is 2440. The number of nitrogens with zero attached hydrogens (tertiary/aromatic N) is 4. The first-order chi connectivity index (χ1) is 25.7. The average Bonchev–Trinajstić information content (AvgIpc) is 3.24. The minimum absolute atomic E-state index is 0.122. The van der Waals surface area contributed by atoms with Crippen LogP contribution >= 0.6 is 0 Å². The van der Waals surface area contributed by atoms with Gasteiger partial charge < -0.3 is 0 Å². The van der Waals surface area contributed by atoms with Crippen molar-refractivity contribution in [3.63, 3.8) is 0 Å². The molecule has 1 aliphatic rings. The maximum atomic E-state index is 5.04. The van der Waals surface area contributed by atoms with Gasteiger partial charge in [-0.25, -0.2) is 15.0 Å². The summed E-state index contributed by atoms with van der Waals surface area (Å²) in [6.45, 7) is 0. The number of hydrogen-bond donors (Lipinski definition) is 0. The highest BCUT2D eigenvalue weighted by Crippen LogP contribution is 2.45. The number of pyridine rings is 1. The molecule has 4 nitrogen and oxygen atoms in total. The second kappa shape index (κ2) is 13.7. The maximum Gasteiger partial charge on any atom is 0.164 e. The lowest BCUT2D eigenvalue weighted by Crippen LogP contribution is -2.30. The van der Waals surface area contributed by atoms with Crippen molar-refractivity contribution in [2.75, 3.05) is 0 Å². The van der Waals surface area contributed by atoms with Crippen molar-refractivity contribution in [2.24, 2.45) is 0 Å². The van der Waals surface area contributed by atoms with Crippen LogP contribution in [0.25, 0.3) is 67.3 Å². The molecule has 248 valence electrons. The third kappa shape index (κ3) is 6.01. The fourth-order valence-electron chi connectivity index (χ4n) is 7.74. The summed E-state index contributed by atoms with van der Waals surface area (Å²) >= 11 is 0. The van der Waals surface area contributed by atoms with Gasteiger partial charge in [0.2, 0.25) is 0 Å². The van der Waals surface area contributed by atoms with E-state index in [1.54, 1.807) is 0 Å². The fourth-order valence-corrected chi connectivity index (χ4v) is 7.74. The minimum atomic E-state index is -0.122. The van der Waals surface area contributed by atoms with Crippen LogP contribution < -0.4 is 0 Å². The van der Waals surface area contributed by atoms with Crippen LogP contribution in [-0.4, -0.2) is 19.9 Å². The Balaban J connectivity index is 1.07. The first-order valence-electron chi connectivity index (χ1n) is 18.1. The van der Waals surface area contributed by atoms with Gasteiger partial charge in [0.15, 0.2) is 17.5 Å². The molecule has 2 aromatic heterocycles. The van der Waals surface area contributed by atoms with Crippen molar-refractivity contribution < 1.29 is 0 Å². The molecule has 1 saturated carbocycles. The summed E-state index contributed by atoms with van der Waals surface area (Å²) in [5.41, 5.74) is 10.7. The van der Waals surface area contributed by atoms with Gasteiger partial charge in [0.25, 0.3) is 0 Å². The molecule has 1 aliphatic carbocycles. The molecule has 4 heteroatoms. The molecule has 0 radical (unpaired) electrons. The van der Waals surface area contributed by atoms with Crippen LogP contribution in [0.3, 0.4) is 0 Å². The second-order valence-corrected chi connectivity index (χ2v) is 13.6. The lowest BCUT2D eigenvalue weighted by molar-refractivity contribution is 0.346. The van der Waals surface area contributed by atoms with Gasteiger partial charge in [-0.15, -0.1) is 0 Å². The quantitative estimate of drug-likeness (QED) is 0.170. The van der Waals surface area contributed by atoms with Crippen LogP contribution in [-0.2, 0) is 5.41 Å². The van der Waals surface area contributed by atoms with E-state index in [0.29, 0.717) is 17.5 Å². The molecule has 0 atom stereocenters. The Morgan fingerprint density at radius 2 is 1.00 bits per heavy atom. The zero-order valence-electron chi connectivity index (χ0n) is 28.8. The van der Waals surface area contributed by atoms with E-state index in [2.05, 4.69) is 126 Å². The first kappa shape index (κ1) is 31.5. The predicted octanol–water partition coefficient (Wildman–Crippen LogP) is 11.6. The van der Waals surface area contributed by atoms with Crippen LogP contribution in [0.4, 0.5) is 0 Å². The largest absolute Gasteiger partial charge is 0.256 e. The van der Waals surface area contributed by atoms with E-state index in [0.717, 1.165) is 57.1 Å². The smallest absolute Gasteiger partial charge is 0.164 e. The van der Waals surface area contributed by atoms with Gasteiger partial charge in [0.05, 0.1) is 5.52 Å².